The summed E-state index contributed by atoms with van der Waals surface area (Å²) in [6.07, 6.45) is 5.83. The van der Waals surface area contributed by atoms with Gasteiger partial charge in [0.25, 0.3) is 0 Å². The minimum absolute atomic E-state index is 0. The molecule has 0 atom stereocenters. The van der Waals surface area contributed by atoms with Crippen molar-refractivity contribution >= 4 is 29.9 Å². The van der Waals surface area contributed by atoms with Crippen molar-refractivity contribution in [3.8, 4) is 0 Å². The number of nitrogens with one attached hydrogen (secondary N) is 2. The van der Waals surface area contributed by atoms with Crippen molar-refractivity contribution in [2.45, 2.75) is 45.1 Å². The molecule has 4 N–H and O–H groups in total. The van der Waals surface area contributed by atoms with E-state index in [0.717, 1.165) is 36.9 Å². The Morgan fingerprint density at radius 3 is 2.61 bits per heavy atom. The topological polar surface area (TPSA) is 84.2 Å². The minimum atomic E-state index is -0.0563. The number of benzene rings is 1. The molecule has 0 aromatic heterocycles. The summed E-state index contributed by atoms with van der Waals surface area (Å²) in [5.74, 6) is 0.199. The highest BCUT2D eigenvalue weighted by Gasteiger charge is 2.20. The quantitative estimate of drug-likeness (QED) is 0.744. The fourth-order valence-corrected chi connectivity index (χ4v) is 2.79. The van der Waals surface area contributed by atoms with Crippen LogP contribution in [0.5, 0.6) is 0 Å². The van der Waals surface area contributed by atoms with Crippen LogP contribution in [0.25, 0.3) is 0 Å². The molecule has 0 spiro atoms. The number of amides is 2. The van der Waals surface area contributed by atoms with Gasteiger partial charge in [0.05, 0.1) is 0 Å². The number of hydrogen-bond donors (Lipinski definition) is 3. The number of carbonyl (C=O) groups excluding carboxylic acids is 2. The molecule has 6 heteroatoms. The van der Waals surface area contributed by atoms with Crippen molar-refractivity contribution in [3.63, 3.8) is 0 Å². The lowest BCUT2D eigenvalue weighted by atomic mass is 9.88. The van der Waals surface area contributed by atoms with E-state index < -0.39 is 0 Å². The number of carbonyl (C=O) groups is 2. The fraction of sp³-hybridized carbons (Fsp3) is 0.529. The first-order valence-electron chi connectivity index (χ1n) is 8.05. The van der Waals surface area contributed by atoms with Crippen LogP contribution in [0.1, 0.15) is 44.1 Å². The van der Waals surface area contributed by atoms with Gasteiger partial charge in [-0.05, 0) is 30.5 Å². The molecule has 0 aliphatic heterocycles. The van der Waals surface area contributed by atoms with Gasteiger partial charge >= 0.3 is 0 Å². The molecule has 0 radical (unpaired) electrons. The van der Waals surface area contributed by atoms with Crippen LogP contribution in [0.15, 0.2) is 24.3 Å². The van der Waals surface area contributed by atoms with Crippen molar-refractivity contribution < 1.29 is 9.59 Å². The van der Waals surface area contributed by atoms with Crippen molar-refractivity contribution in [3.05, 3.63) is 29.8 Å². The molecule has 0 saturated heterocycles. The summed E-state index contributed by atoms with van der Waals surface area (Å²) in [7, 11) is 0. The van der Waals surface area contributed by atoms with Gasteiger partial charge in [0.1, 0.15) is 0 Å². The summed E-state index contributed by atoms with van der Waals surface area (Å²) < 4.78 is 0. The summed E-state index contributed by atoms with van der Waals surface area (Å²) in [6.45, 7) is 0.801. The third-order valence-electron chi connectivity index (χ3n) is 4.03. The predicted octanol–water partition coefficient (Wildman–Crippen LogP) is 2.59. The summed E-state index contributed by atoms with van der Waals surface area (Å²) >= 11 is 0. The van der Waals surface area contributed by atoms with E-state index in [0.29, 0.717) is 19.5 Å². The highest BCUT2D eigenvalue weighted by atomic mass is 35.5. The second kappa shape index (κ2) is 10.2. The molecule has 128 valence electrons. The Morgan fingerprint density at radius 2 is 1.91 bits per heavy atom. The zero-order chi connectivity index (χ0) is 15.8. The summed E-state index contributed by atoms with van der Waals surface area (Å²) in [5.41, 5.74) is 7.10. The lowest BCUT2D eigenvalue weighted by Gasteiger charge is -2.20. The van der Waals surface area contributed by atoms with Crippen LogP contribution >= 0.6 is 12.4 Å². The van der Waals surface area contributed by atoms with Gasteiger partial charge in [0.2, 0.25) is 11.8 Å². The van der Waals surface area contributed by atoms with Crippen LogP contribution < -0.4 is 16.4 Å². The molecule has 0 unspecified atom stereocenters. The van der Waals surface area contributed by atoms with Gasteiger partial charge in [0.15, 0.2) is 0 Å². The molecule has 2 amide bonds. The third kappa shape index (κ3) is 6.59. The molecule has 1 saturated carbocycles. The van der Waals surface area contributed by atoms with Crippen molar-refractivity contribution in [2.75, 3.05) is 11.9 Å². The van der Waals surface area contributed by atoms with Gasteiger partial charge in [-0.3, -0.25) is 9.59 Å². The Kier molecular flexibility index (Phi) is 8.66. The van der Waals surface area contributed by atoms with Crippen LogP contribution in [0.4, 0.5) is 5.69 Å². The van der Waals surface area contributed by atoms with Crippen molar-refractivity contribution in [2.24, 2.45) is 11.7 Å². The summed E-state index contributed by atoms with van der Waals surface area (Å²) in [5, 5.41) is 5.81. The monoisotopic (exact) mass is 339 g/mol. The molecule has 0 bridgehead atoms. The summed E-state index contributed by atoms with van der Waals surface area (Å²) in [4.78, 5) is 23.7. The second-order valence-electron chi connectivity index (χ2n) is 5.84. The Morgan fingerprint density at radius 1 is 1.17 bits per heavy atom. The van der Waals surface area contributed by atoms with Crippen LogP contribution in [0, 0.1) is 5.92 Å². The zero-order valence-electron chi connectivity index (χ0n) is 13.3. The number of anilines is 1. The number of nitrogens with two attached hydrogens (primary N) is 1. The Hall–Kier alpha value is -1.59. The third-order valence-corrected chi connectivity index (χ3v) is 4.03. The zero-order valence-corrected chi connectivity index (χ0v) is 14.2. The maximum Gasteiger partial charge on any atom is 0.227 e. The Balaban J connectivity index is 0.00000264. The maximum absolute atomic E-state index is 12.2. The van der Waals surface area contributed by atoms with Gasteiger partial charge in [0, 0.05) is 31.1 Å². The number of hydrogen-bond acceptors (Lipinski definition) is 3. The average Bonchev–Trinajstić information content (AvgIpc) is 2.54. The second-order valence-corrected chi connectivity index (χ2v) is 5.84. The van der Waals surface area contributed by atoms with E-state index in [-0.39, 0.29) is 30.1 Å². The van der Waals surface area contributed by atoms with E-state index in [1.165, 1.54) is 6.42 Å². The van der Waals surface area contributed by atoms with Gasteiger partial charge in [-0.15, -0.1) is 12.4 Å². The van der Waals surface area contributed by atoms with Gasteiger partial charge in [-0.25, -0.2) is 0 Å². The molecule has 2 rings (SSSR count). The van der Waals surface area contributed by atoms with Gasteiger partial charge < -0.3 is 16.4 Å². The smallest absolute Gasteiger partial charge is 0.227 e. The molecule has 1 fully saturated rings. The van der Waals surface area contributed by atoms with E-state index in [1.807, 2.05) is 24.3 Å². The normalized spacial score (nSPS) is 14.7. The van der Waals surface area contributed by atoms with E-state index >= 15 is 0 Å². The highest BCUT2D eigenvalue weighted by Crippen LogP contribution is 2.25. The van der Waals surface area contributed by atoms with Crippen LogP contribution in [0.3, 0.4) is 0 Å². The van der Waals surface area contributed by atoms with E-state index in [2.05, 4.69) is 10.6 Å². The van der Waals surface area contributed by atoms with Crippen molar-refractivity contribution in [1.29, 1.82) is 0 Å². The van der Waals surface area contributed by atoms with Crippen LogP contribution in [-0.2, 0) is 16.1 Å². The molecule has 1 aromatic carbocycles. The number of rotatable bonds is 6. The van der Waals surface area contributed by atoms with E-state index in [4.69, 9.17) is 5.73 Å². The fourth-order valence-electron chi connectivity index (χ4n) is 2.79. The SMILES string of the molecule is Cl.NCCC(=O)NCc1cccc(NC(=O)C2CCCCC2)c1. The predicted molar refractivity (Wildman–Crippen MR) is 94.4 cm³/mol. The molecule has 5 nitrogen and oxygen atoms in total. The van der Waals surface area contributed by atoms with Gasteiger partial charge in [-0.2, -0.15) is 0 Å². The Bertz CT molecular complexity index is 516. The minimum Gasteiger partial charge on any atom is -0.352 e. The number of halogens is 1. The van der Waals surface area contributed by atoms with Crippen LogP contribution in [0.2, 0.25) is 0 Å². The lowest BCUT2D eigenvalue weighted by Crippen LogP contribution is -2.26. The van der Waals surface area contributed by atoms with Crippen LogP contribution in [-0.4, -0.2) is 18.4 Å². The first kappa shape index (κ1) is 19.5. The van der Waals surface area contributed by atoms with Gasteiger partial charge in [-0.1, -0.05) is 31.4 Å². The molecule has 1 aliphatic carbocycles. The van der Waals surface area contributed by atoms with Crippen molar-refractivity contribution in [1.82, 2.24) is 5.32 Å². The highest BCUT2D eigenvalue weighted by molar-refractivity contribution is 5.92. The Labute approximate surface area is 143 Å². The molecule has 23 heavy (non-hydrogen) atoms. The van der Waals surface area contributed by atoms with E-state index in [9.17, 15) is 9.59 Å². The lowest BCUT2D eigenvalue weighted by molar-refractivity contribution is -0.121. The molecule has 0 heterocycles. The summed E-state index contributed by atoms with van der Waals surface area (Å²) in [6, 6.07) is 7.61. The van der Waals surface area contributed by atoms with E-state index in [1.54, 1.807) is 0 Å². The molecular weight excluding hydrogens is 314 g/mol. The molecule has 1 aliphatic rings. The standard InChI is InChI=1S/C17H25N3O2.ClH/c18-10-9-16(21)19-12-13-5-4-8-15(11-13)20-17(22)14-6-2-1-3-7-14;/h4-5,8,11,14H,1-3,6-7,9-10,12,18H2,(H,19,21)(H,20,22);1H. The maximum atomic E-state index is 12.2. The largest absolute Gasteiger partial charge is 0.352 e. The first-order chi connectivity index (χ1) is 10.7. The molecule has 1 aromatic rings. The average molecular weight is 340 g/mol. The molecular formula is C17H26ClN3O2. The first-order valence-corrected chi connectivity index (χ1v) is 8.05.